The van der Waals surface area contributed by atoms with Crippen LogP contribution in [-0.4, -0.2) is 20.0 Å². The molecule has 0 fully saturated rings. The van der Waals surface area contributed by atoms with Crippen LogP contribution in [-0.2, 0) is 0 Å². The van der Waals surface area contributed by atoms with Gasteiger partial charge in [-0.05, 0) is 55.8 Å². The maximum absolute atomic E-state index is 13.1. The van der Waals surface area contributed by atoms with Crippen molar-refractivity contribution >= 4 is 23.8 Å². The average molecular weight is 370 g/mol. The van der Waals surface area contributed by atoms with Crippen molar-refractivity contribution in [3.63, 3.8) is 0 Å². The van der Waals surface area contributed by atoms with Crippen molar-refractivity contribution in [2.24, 2.45) is 0 Å². The summed E-state index contributed by atoms with van der Waals surface area (Å²) in [5, 5.41) is 20.0. The third-order valence-electron chi connectivity index (χ3n) is 3.90. The molecule has 0 spiro atoms. The zero-order chi connectivity index (χ0) is 18.8. The first kappa shape index (κ1) is 17.6. The number of rotatable bonds is 3. The van der Waals surface area contributed by atoms with Gasteiger partial charge in [0.1, 0.15) is 22.6 Å². The molecule has 0 aliphatic carbocycles. The molecule has 1 aromatic carbocycles. The van der Waals surface area contributed by atoms with E-state index in [1.165, 1.54) is 16.8 Å². The molecule has 0 radical (unpaired) electrons. The molecule has 0 unspecified atom stereocenters. The molecular weight excluding hydrogens is 357 g/mol. The zero-order valence-electron chi connectivity index (χ0n) is 13.9. The van der Waals surface area contributed by atoms with Crippen molar-refractivity contribution < 1.29 is 4.39 Å². The number of benzene rings is 1. The number of aryl methyl sites for hydroxylation is 1. The second kappa shape index (κ2) is 6.94. The van der Waals surface area contributed by atoms with Crippen molar-refractivity contribution in [3.8, 4) is 11.8 Å². The third-order valence-corrected chi connectivity index (χ3v) is 4.27. The van der Waals surface area contributed by atoms with Gasteiger partial charge in [-0.15, -0.1) is 0 Å². The normalized spacial score (nSPS) is 11.0. The molecule has 6 nitrogen and oxygen atoms in total. The van der Waals surface area contributed by atoms with E-state index in [1.807, 2.05) is 6.07 Å². The molecule has 1 N–H and O–H groups in total. The van der Waals surface area contributed by atoms with Crippen LogP contribution in [0.4, 0.5) is 4.39 Å². The summed E-state index contributed by atoms with van der Waals surface area (Å²) in [5.74, 6) is -0.346. The smallest absolute Gasteiger partial charge is 0.267 e. The van der Waals surface area contributed by atoms with Crippen LogP contribution < -0.4 is 5.56 Å². The first-order valence-corrected chi connectivity index (χ1v) is 7.98. The van der Waals surface area contributed by atoms with Crippen molar-refractivity contribution in [1.29, 1.82) is 5.26 Å². The van der Waals surface area contributed by atoms with Crippen LogP contribution in [0, 0.1) is 31.0 Å². The maximum Gasteiger partial charge on any atom is 0.282 e. The van der Waals surface area contributed by atoms with Gasteiger partial charge in [-0.3, -0.25) is 4.79 Å². The van der Waals surface area contributed by atoms with Gasteiger partial charge in [0.25, 0.3) is 5.56 Å². The Bertz CT molecular complexity index is 1110. The maximum atomic E-state index is 13.1. The van der Waals surface area contributed by atoms with Crippen LogP contribution in [0.25, 0.3) is 17.8 Å². The fraction of sp³-hybridized carbons (Fsp3) is 0.111. The fourth-order valence-electron chi connectivity index (χ4n) is 2.46. The first-order valence-electron chi connectivity index (χ1n) is 7.61. The highest BCUT2D eigenvalue weighted by molar-refractivity contribution is 6.31. The fourth-order valence-corrected chi connectivity index (χ4v) is 2.80. The van der Waals surface area contributed by atoms with E-state index >= 15 is 0 Å². The molecule has 0 aliphatic rings. The van der Waals surface area contributed by atoms with Gasteiger partial charge >= 0.3 is 0 Å². The van der Waals surface area contributed by atoms with Gasteiger partial charge in [-0.1, -0.05) is 11.6 Å². The summed E-state index contributed by atoms with van der Waals surface area (Å²) >= 11 is 6.42. The van der Waals surface area contributed by atoms with E-state index < -0.39 is 5.56 Å². The summed E-state index contributed by atoms with van der Waals surface area (Å²) < 4.78 is 14.6. The van der Waals surface area contributed by atoms with Gasteiger partial charge in [0.2, 0.25) is 0 Å². The van der Waals surface area contributed by atoms with Crippen molar-refractivity contribution in [2.75, 3.05) is 0 Å². The lowest BCUT2D eigenvalue weighted by molar-refractivity contribution is 0.627. The number of aromatic amines is 1. The number of aromatic nitrogens is 4. The molecule has 0 bridgehead atoms. The van der Waals surface area contributed by atoms with Crippen LogP contribution >= 0.6 is 11.6 Å². The molecule has 130 valence electrons. The van der Waals surface area contributed by atoms with Crippen LogP contribution in [0.2, 0.25) is 5.15 Å². The minimum absolute atomic E-state index is 0.0180. The Morgan fingerprint density at radius 1 is 1.27 bits per heavy atom. The molecule has 0 saturated heterocycles. The Labute approximate surface area is 153 Å². The number of nitriles is 1. The lowest BCUT2D eigenvalue weighted by Gasteiger charge is -2.03. The molecule has 0 atom stereocenters. The SMILES string of the molecule is Cc1nn(-c2ccc(F)cc2)c(Cl)c1C=Cc1n[nH]c(=O)c(C#N)c1C. The highest BCUT2D eigenvalue weighted by Gasteiger charge is 2.13. The molecule has 0 saturated carbocycles. The van der Waals surface area contributed by atoms with Crippen LogP contribution in [0.3, 0.4) is 0 Å². The Kier molecular flexibility index (Phi) is 4.69. The molecule has 26 heavy (non-hydrogen) atoms. The summed E-state index contributed by atoms with van der Waals surface area (Å²) in [7, 11) is 0. The lowest BCUT2D eigenvalue weighted by atomic mass is 10.1. The summed E-state index contributed by atoms with van der Waals surface area (Å²) in [5.41, 5.74) is 2.37. The number of nitrogens with zero attached hydrogens (tertiary/aromatic N) is 4. The highest BCUT2D eigenvalue weighted by Crippen LogP contribution is 2.25. The number of hydrogen-bond donors (Lipinski definition) is 1. The molecule has 2 heterocycles. The zero-order valence-corrected chi connectivity index (χ0v) is 14.7. The summed E-state index contributed by atoms with van der Waals surface area (Å²) in [4.78, 5) is 11.6. The standard InChI is InChI=1S/C18H13ClFN5O/c1-10-15(9-21)18(26)23-22-16(10)8-7-14-11(2)24-25(17(14)19)13-5-3-12(20)4-6-13/h3-8H,1-2H3,(H,23,26). The molecule has 8 heteroatoms. The van der Waals surface area contributed by atoms with E-state index in [9.17, 15) is 9.18 Å². The van der Waals surface area contributed by atoms with Gasteiger partial charge in [0, 0.05) is 5.56 Å². The van der Waals surface area contributed by atoms with Crippen molar-refractivity contribution in [1.82, 2.24) is 20.0 Å². The third kappa shape index (κ3) is 3.15. The summed E-state index contributed by atoms with van der Waals surface area (Å²) in [6, 6.07) is 7.68. The highest BCUT2D eigenvalue weighted by atomic mass is 35.5. The molecule has 2 aromatic heterocycles. The van der Waals surface area contributed by atoms with Gasteiger partial charge < -0.3 is 0 Å². The monoisotopic (exact) mass is 369 g/mol. The Balaban J connectivity index is 2.02. The molecular formula is C18H13ClFN5O. The van der Waals surface area contributed by atoms with E-state index in [-0.39, 0.29) is 11.4 Å². The van der Waals surface area contributed by atoms with Crippen LogP contribution in [0.5, 0.6) is 0 Å². The van der Waals surface area contributed by atoms with Gasteiger partial charge in [-0.25, -0.2) is 14.2 Å². The van der Waals surface area contributed by atoms with Gasteiger partial charge in [0.15, 0.2) is 0 Å². The van der Waals surface area contributed by atoms with E-state index in [0.29, 0.717) is 33.4 Å². The van der Waals surface area contributed by atoms with Crippen molar-refractivity contribution in [2.45, 2.75) is 13.8 Å². The average Bonchev–Trinajstić information content (AvgIpc) is 2.90. The second-order valence-corrected chi connectivity index (χ2v) is 5.92. The number of hydrogen-bond acceptors (Lipinski definition) is 4. The lowest BCUT2D eigenvalue weighted by Crippen LogP contribution is -2.15. The second-order valence-electron chi connectivity index (χ2n) is 5.56. The predicted octanol–water partition coefficient (Wildman–Crippen LogP) is 3.41. The number of H-pyrrole nitrogens is 1. The van der Waals surface area contributed by atoms with E-state index in [2.05, 4.69) is 15.3 Å². The van der Waals surface area contributed by atoms with Crippen molar-refractivity contribution in [3.05, 3.63) is 73.7 Å². The minimum Gasteiger partial charge on any atom is -0.267 e. The van der Waals surface area contributed by atoms with E-state index in [0.717, 1.165) is 0 Å². The predicted molar refractivity (Wildman–Crippen MR) is 96.5 cm³/mol. The first-order chi connectivity index (χ1) is 12.4. The Morgan fingerprint density at radius 2 is 1.96 bits per heavy atom. The topological polar surface area (TPSA) is 87.4 Å². The van der Waals surface area contributed by atoms with E-state index in [4.69, 9.17) is 16.9 Å². The minimum atomic E-state index is -0.527. The molecule has 0 aliphatic heterocycles. The Morgan fingerprint density at radius 3 is 2.62 bits per heavy atom. The number of halogens is 2. The van der Waals surface area contributed by atoms with Crippen LogP contribution in [0.15, 0.2) is 29.1 Å². The van der Waals surface area contributed by atoms with Gasteiger partial charge in [0.05, 0.1) is 17.1 Å². The molecule has 3 rings (SSSR count). The Hall–Kier alpha value is -3.24. The molecule has 0 amide bonds. The van der Waals surface area contributed by atoms with E-state index in [1.54, 1.807) is 38.1 Å². The van der Waals surface area contributed by atoms with Gasteiger partial charge in [-0.2, -0.15) is 15.5 Å². The van der Waals surface area contributed by atoms with Crippen LogP contribution in [0.1, 0.15) is 28.1 Å². The quantitative estimate of drug-likeness (QED) is 0.766. The number of nitrogens with one attached hydrogen (secondary N) is 1. The largest absolute Gasteiger partial charge is 0.282 e. The molecule has 3 aromatic rings. The summed E-state index contributed by atoms with van der Waals surface area (Å²) in [6.07, 6.45) is 3.36. The summed E-state index contributed by atoms with van der Waals surface area (Å²) in [6.45, 7) is 3.44.